The van der Waals surface area contributed by atoms with Crippen molar-refractivity contribution < 1.29 is 4.79 Å². The molecule has 1 N–H and O–H groups in total. The Morgan fingerprint density at radius 2 is 1.90 bits per heavy atom. The quantitative estimate of drug-likeness (QED) is 0.332. The highest BCUT2D eigenvalue weighted by Crippen LogP contribution is 2.23. The molecule has 0 aliphatic heterocycles. The summed E-state index contributed by atoms with van der Waals surface area (Å²) in [5.74, 6) is 6.30. The Morgan fingerprint density at radius 3 is 2.66 bits per heavy atom. The van der Waals surface area contributed by atoms with E-state index in [2.05, 4.69) is 32.3 Å². The summed E-state index contributed by atoms with van der Waals surface area (Å²) in [6.45, 7) is 3.71. The molecule has 4 aromatic heterocycles. The smallest absolute Gasteiger partial charge is 0.267 e. The zero-order chi connectivity index (χ0) is 28.5. The lowest BCUT2D eigenvalue weighted by atomic mass is 10.1. The Hall–Kier alpha value is -5.56. The number of fused-ring (bicyclic) bond motifs is 2. The molecule has 2 aromatic carbocycles. The molecule has 202 valence electrons. The maximum absolute atomic E-state index is 14.3. The Morgan fingerprint density at radius 1 is 1.07 bits per heavy atom. The average Bonchev–Trinajstić information content (AvgIpc) is 3.56. The van der Waals surface area contributed by atoms with Crippen molar-refractivity contribution in [1.29, 1.82) is 0 Å². The summed E-state index contributed by atoms with van der Waals surface area (Å²) in [4.78, 5) is 37.2. The van der Waals surface area contributed by atoms with E-state index in [-0.39, 0.29) is 11.5 Å². The Bertz CT molecular complexity index is 2040. The predicted octanol–water partition coefficient (Wildman–Crippen LogP) is 3.75. The molecule has 41 heavy (non-hydrogen) atoms. The van der Waals surface area contributed by atoms with Crippen molar-refractivity contribution in [3.05, 3.63) is 118 Å². The number of hydrogen-bond donors (Lipinski definition) is 1. The van der Waals surface area contributed by atoms with Crippen LogP contribution in [0.4, 0.5) is 0 Å². The first-order valence-electron chi connectivity index (χ1n) is 13.2. The van der Waals surface area contributed by atoms with Gasteiger partial charge in [-0.2, -0.15) is 10.2 Å². The van der Waals surface area contributed by atoms with Gasteiger partial charge in [0.25, 0.3) is 11.5 Å². The summed E-state index contributed by atoms with van der Waals surface area (Å²) >= 11 is 0. The van der Waals surface area contributed by atoms with Crippen LogP contribution >= 0.6 is 0 Å². The van der Waals surface area contributed by atoms with E-state index in [1.807, 2.05) is 62.6 Å². The van der Waals surface area contributed by atoms with E-state index >= 15 is 0 Å². The minimum Gasteiger partial charge on any atom is -0.342 e. The molecule has 0 spiro atoms. The van der Waals surface area contributed by atoms with Crippen LogP contribution in [-0.4, -0.2) is 39.8 Å². The molecule has 0 fully saturated rings. The first-order chi connectivity index (χ1) is 19.9. The summed E-state index contributed by atoms with van der Waals surface area (Å²) < 4.78 is 4.81. The largest absolute Gasteiger partial charge is 0.342 e. The topological polar surface area (TPSA) is 112 Å². The van der Waals surface area contributed by atoms with Crippen molar-refractivity contribution in [1.82, 2.24) is 39.2 Å². The molecular formula is C31H26N8O2. The molecule has 0 radical (unpaired) electrons. The zero-order valence-electron chi connectivity index (χ0n) is 22.7. The molecule has 1 amide bonds. The fourth-order valence-electron chi connectivity index (χ4n) is 4.88. The number of benzene rings is 2. The van der Waals surface area contributed by atoms with Gasteiger partial charge in [0.15, 0.2) is 5.65 Å². The number of carbonyl (C=O) groups is 1. The van der Waals surface area contributed by atoms with Crippen LogP contribution in [0.1, 0.15) is 52.4 Å². The minimum absolute atomic E-state index is 0.270. The van der Waals surface area contributed by atoms with Crippen LogP contribution in [0.5, 0.6) is 0 Å². The molecule has 0 aliphatic carbocycles. The number of aromatic nitrogens is 7. The van der Waals surface area contributed by atoms with E-state index in [0.717, 1.165) is 5.56 Å². The van der Waals surface area contributed by atoms with Gasteiger partial charge < -0.3 is 5.32 Å². The number of amides is 1. The van der Waals surface area contributed by atoms with Gasteiger partial charge in [-0.05, 0) is 43.7 Å². The molecule has 10 heteroatoms. The Kier molecular flexibility index (Phi) is 6.61. The lowest BCUT2D eigenvalue weighted by molar-refractivity contribution is 0.0934. The third-order valence-corrected chi connectivity index (χ3v) is 6.81. The molecular weight excluding hydrogens is 516 g/mol. The fourth-order valence-corrected chi connectivity index (χ4v) is 4.88. The lowest BCUT2D eigenvalue weighted by Gasteiger charge is -2.22. The van der Waals surface area contributed by atoms with E-state index < -0.39 is 6.04 Å². The first kappa shape index (κ1) is 25.7. The standard InChI is InChI=1S/C31H26N8O2/c1-4-24(35-30(40)26-20(2)36-38-17-9-16-32-29(26)38)28-34-25-13-8-10-22(15-14-21-18-33-37(3)19-21)27(25)31(41)39(28)23-11-6-5-7-12-23/h5-13,16-19,24H,4H2,1-3H3,(H,35,40). The van der Waals surface area contributed by atoms with Crippen LogP contribution < -0.4 is 10.9 Å². The van der Waals surface area contributed by atoms with E-state index in [0.29, 0.717) is 51.3 Å². The van der Waals surface area contributed by atoms with Crippen molar-refractivity contribution in [2.75, 3.05) is 0 Å². The van der Waals surface area contributed by atoms with Crippen LogP contribution in [0.2, 0.25) is 0 Å². The van der Waals surface area contributed by atoms with E-state index in [4.69, 9.17) is 4.98 Å². The summed E-state index contributed by atoms with van der Waals surface area (Å²) in [6, 6.07) is 15.9. The van der Waals surface area contributed by atoms with Crippen molar-refractivity contribution >= 4 is 22.5 Å². The van der Waals surface area contributed by atoms with Gasteiger partial charge in [-0.3, -0.25) is 18.8 Å². The molecule has 6 aromatic rings. The molecule has 1 atom stereocenters. The van der Waals surface area contributed by atoms with Gasteiger partial charge in [0.2, 0.25) is 0 Å². The minimum atomic E-state index is -0.581. The van der Waals surface area contributed by atoms with Crippen molar-refractivity contribution in [2.24, 2.45) is 7.05 Å². The molecule has 0 bridgehead atoms. The summed E-state index contributed by atoms with van der Waals surface area (Å²) in [6.07, 6.45) is 7.34. The maximum atomic E-state index is 14.3. The number of nitrogens with zero attached hydrogens (tertiary/aromatic N) is 7. The van der Waals surface area contributed by atoms with Crippen molar-refractivity contribution in [2.45, 2.75) is 26.3 Å². The van der Waals surface area contributed by atoms with E-state index in [9.17, 15) is 9.59 Å². The van der Waals surface area contributed by atoms with Gasteiger partial charge in [0, 0.05) is 31.2 Å². The van der Waals surface area contributed by atoms with E-state index in [1.54, 1.807) is 51.4 Å². The second-order valence-corrected chi connectivity index (χ2v) is 9.58. The van der Waals surface area contributed by atoms with Gasteiger partial charge in [-0.15, -0.1) is 0 Å². The zero-order valence-corrected chi connectivity index (χ0v) is 22.7. The van der Waals surface area contributed by atoms with Gasteiger partial charge in [0.1, 0.15) is 11.4 Å². The number of rotatable bonds is 5. The lowest BCUT2D eigenvalue weighted by Crippen LogP contribution is -2.34. The number of carbonyl (C=O) groups excluding carboxylic acids is 1. The monoisotopic (exact) mass is 542 g/mol. The van der Waals surface area contributed by atoms with Crippen LogP contribution in [0.25, 0.3) is 22.2 Å². The number of nitrogens with one attached hydrogen (secondary N) is 1. The average molecular weight is 543 g/mol. The molecule has 0 saturated carbocycles. The second kappa shape index (κ2) is 10.5. The highest BCUT2D eigenvalue weighted by atomic mass is 16.2. The summed E-state index contributed by atoms with van der Waals surface area (Å²) in [7, 11) is 1.82. The fraction of sp³-hybridized carbons (Fsp3) is 0.161. The first-order valence-corrected chi connectivity index (χ1v) is 13.2. The third kappa shape index (κ3) is 4.74. The predicted molar refractivity (Wildman–Crippen MR) is 155 cm³/mol. The molecule has 1 unspecified atom stereocenters. The third-order valence-electron chi connectivity index (χ3n) is 6.81. The van der Waals surface area contributed by atoms with Crippen LogP contribution in [-0.2, 0) is 7.05 Å². The molecule has 10 nitrogen and oxygen atoms in total. The highest BCUT2D eigenvalue weighted by molar-refractivity contribution is 6.01. The van der Waals surface area contributed by atoms with Crippen LogP contribution in [0, 0.1) is 18.8 Å². The highest BCUT2D eigenvalue weighted by Gasteiger charge is 2.26. The van der Waals surface area contributed by atoms with Crippen molar-refractivity contribution in [3.63, 3.8) is 0 Å². The van der Waals surface area contributed by atoms with Crippen LogP contribution in [0.15, 0.2) is 84.2 Å². The van der Waals surface area contributed by atoms with Gasteiger partial charge in [-0.1, -0.05) is 43.0 Å². The van der Waals surface area contributed by atoms with E-state index in [1.165, 1.54) is 0 Å². The molecule has 0 saturated heterocycles. The summed E-state index contributed by atoms with van der Waals surface area (Å²) in [5.41, 5.74) is 3.56. The molecule has 0 aliphatic rings. The number of aryl methyl sites for hydroxylation is 2. The number of para-hydroxylation sites is 1. The van der Waals surface area contributed by atoms with Crippen molar-refractivity contribution in [3.8, 4) is 17.5 Å². The molecule has 4 heterocycles. The Labute approximate surface area is 235 Å². The Balaban J connectivity index is 1.50. The second-order valence-electron chi connectivity index (χ2n) is 9.58. The van der Waals surface area contributed by atoms with Gasteiger partial charge in [-0.25, -0.2) is 14.5 Å². The SMILES string of the molecule is CCC(NC(=O)c1c(C)nn2cccnc12)c1nc2cccc(C#Cc3cnn(C)c3)c2c(=O)n1-c1ccccc1. The van der Waals surface area contributed by atoms with Crippen LogP contribution in [0.3, 0.4) is 0 Å². The maximum Gasteiger partial charge on any atom is 0.267 e. The normalized spacial score (nSPS) is 11.8. The van der Waals surface area contributed by atoms with Gasteiger partial charge >= 0.3 is 0 Å². The molecule has 6 rings (SSSR count). The number of hydrogen-bond acceptors (Lipinski definition) is 6. The van der Waals surface area contributed by atoms with Gasteiger partial charge in [0.05, 0.1) is 40.1 Å². The summed E-state index contributed by atoms with van der Waals surface area (Å²) in [5, 5.41) is 12.1.